The van der Waals surface area contributed by atoms with Gasteiger partial charge >= 0.3 is 6.09 Å². The van der Waals surface area contributed by atoms with Crippen molar-refractivity contribution in [3.05, 3.63) is 131 Å². The zero-order valence-corrected chi connectivity index (χ0v) is 23.0. The predicted octanol–water partition coefficient (Wildman–Crippen LogP) is 5.46. The SMILES string of the molecule is COc1ccccc1C(=O)CN1C(=O)[C@@H](NC(=O)OCc2ccccc2)N=C(c2ccccc2F)c2cccc(C)c21. The number of amides is 2. The number of halogens is 1. The zero-order valence-electron chi connectivity index (χ0n) is 23.0. The number of para-hydroxylation sites is 2. The number of alkyl carbamates (subject to hydrolysis) is 1. The first-order valence-corrected chi connectivity index (χ1v) is 13.2. The van der Waals surface area contributed by atoms with E-state index in [2.05, 4.69) is 10.3 Å². The van der Waals surface area contributed by atoms with Gasteiger partial charge in [-0.25, -0.2) is 14.2 Å². The molecule has 0 spiro atoms. The van der Waals surface area contributed by atoms with Gasteiger partial charge in [0.15, 0.2) is 5.78 Å². The van der Waals surface area contributed by atoms with E-state index in [1.807, 2.05) is 18.2 Å². The largest absolute Gasteiger partial charge is 0.496 e. The van der Waals surface area contributed by atoms with Gasteiger partial charge in [0, 0.05) is 11.1 Å². The smallest absolute Gasteiger partial charge is 0.409 e. The number of aliphatic imine (C=N–C) groups is 1. The lowest BCUT2D eigenvalue weighted by Gasteiger charge is -2.26. The summed E-state index contributed by atoms with van der Waals surface area (Å²) in [6.45, 7) is 1.37. The number of benzene rings is 4. The highest BCUT2D eigenvalue weighted by molar-refractivity contribution is 6.22. The van der Waals surface area contributed by atoms with Crippen LogP contribution in [-0.4, -0.2) is 43.3 Å². The first-order valence-electron chi connectivity index (χ1n) is 13.2. The number of ketones is 1. The number of carbonyl (C=O) groups excluding carboxylic acids is 3. The number of ether oxygens (including phenoxy) is 2. The summed E-state index contributed by atoms with van der Waals surface area (Å²) in [6.07, 6.45) is -2.41. The average molecular weight is 566 g/mol. The van der Waals surface area contributed by atoms with Crippen LogP contribution in [0.25, 0.3) is 0 Å². The number of rotatable bonds is 8. The Hall–Kier alpha value is -5.31. The van der Waals surface area contributed by atoms with Gasteiger partial charge in [-0.2, -0.15) is 0 Å². The molecule has 9 heteroatoms. The van der Waals surface area contributed by atoms with Crippen LogP contribution in [0.15, 0.2) is 102 Å². The van der Waals surface area contributed by atoms with Crippen LogP contribution in [0.4, 0.5) is 14.9 Å². The van der Waals surface area contributed by atoms with Crippen molar-refractivity contribution >= 4 is 29.2 Å². The Labute approximate surface area is 242 Å². The molecule has 5 rings (SSSR count). The van der Waals surface area contributed by atoms with E-state index in [-0.39, 0.29) is 30.0 Å². The third kappa shape index (κ3) is 5.90. The van der Waals surface area contributed by atoms with Gasteiger partial charge < -0.3 is 14.4 Å². The number of nitrogens with one attached hydrogen (secondary N) is 1. The average Bonchev–Trinajstić information content (AvgIpc) is 3.12. The molecule has 0 radical (unpaired) electrons. The molecule has 2 amide bonds. The fraction of sp³-hybridized carbons (Fsp3) is 0.152. The maximum atomic E-state index is 15.1. The van der Waals surface area contributed by atoms with Crippen molar-refractivity contribution < 1.29 is 28.2 Å². The highest BCUT2D eigenvalue weighted by Crippen LogP contribution is 2.33. The molecule has 1 aliphatic heterocycles. The molecule has 1 aliphatic rings. The minimum atomic E-state index is -1.51. The summed E-state index contributed by atoms with van der Waals surface area (Å²) >= 11 is 0. The van der Waals surface area contributed by atoms with E-state index in [1.165, 1.54) is 18.1 Å². The van der Waals surface area contributed by atoms with Crippen molar-refractivity contribution in [2.45, 2.75) is 19.7 Å². The topological polar surface area (TPSA) is 97.3 Å². The molecule has 1 heterocycles. The molecule has 8 nitrogen and oxygen atoms in total. The summed E-state index contributed by atoms with van der Waals surface area (Å²) in [5.41, 5.74) is 2.81. The van der Waals surface area contributed by atoms with Crippen LogP contribution in [-0.2, 0) is 16.1 Å². The lowest BCUT2D eigenvalue weighted by molar-refractivity contribution is -0.120. The molecule has 0 saturated heterocycles. The van der Waals surface area contributed by atoms with E-state index < -0.39 is 29.8 Å². The lowest BCUT2D eigenvalue weighted by Crippen LogP contribution is -2.49. The molecule has 0 saturated carbocycles. The van der Waals surface area contributed by atoms with Gasteiger partial charge in [0.25, 0.3) is 5.91 Å². The number of fused-ring (bicyclic) bond motifs is 1. The van der Waals surface area contributed by atoms with Gasteiger partial charge in [0.1, 0.15) is 18.2 Å². The fourth-order valence-corrected chi connectivity index (χ4v) is 4.82. The van der Waals surface area contributed by atoms with Crippen molar-refractivity contribution in [3.63, 3.8) is 0 Å². The van der Waals surface area contributed by atoms with E-state index in [0.717, 1.165) is 5.56 Å². The standard InChI is InChI=1S/C33H28FN3O5/c1-21-11-10-16-25-29(23-14-6-8-17-26(23)34)35-31(36-33(40)42-20-22-12-4-3-5-13-22)32(39)37(30(21)25)19-27(38)24-15-7-9-18-28(24)41-2/h3-18,31H,19-20H2,1-2H3,(H,36,40)/t31-/m1/s1. The first kappa shape index (κ1) is 28.2. The van der Waals surface area contributed by atoms with Crippen LogP contribution in [0, 0.1) is 12.7 Å². The van der Waals surface area contributed by atoms with Crippen LogP contribution in [0.5, 0.6) is 5.75 Å². The van der Waals surface area contributed by atoms with Crippen LogP contribution in [0.2, 0.25) is 0 Å². The number of anilines is 1. The van der Waals surface area contributed by atoms with Gasteiger partial charge in [-0.15, -0.1) is 0 Å². The maximum Gasteiger partial charge on any atom is 0.409 e. The number of hydrogen-bond donors (Lipinski definition) is 1. The molecule has 0 aliphatic carbocycles. The summed E-state index contributed by atoms with van der Waals surface area (Å²) in [4.78, 5) is 46.4. The zero-order chi connectivity index (χ0) is 29.6. The third-order valence-electron chi connectivity index (χ3n) is 6.83. The molecule has 0 unspecified atom stereocenters. The van der Waals surface area contributed by atoms with Crippen molar-refractivity contribution in [1.82, 2.24) is 5.32 Å². The number of hydrogen-bond acceptors (Lipinski definition) is 6. The number of benzodiazepines with no additional fused rings is 1. The Bertz CT molecular complexity index is 1670. The van der Waals surface area contributed by atoms with Gasteiger partial charge in [-0.05, 0) is 42.3 Å². The second-order valence-corrected chi connectivity index (χ2v) is 9.59. The molecule has 0 fully saturated rings. The molecule has 212 valence electrons. The van der Waals surface area contributed by atoms with Crippen molar-refractivity contribution in [2.24, 2.45) is 4.99 Å². The van der Waals surface area contributed by atoms with Gasteiger partial charge in [-0.1, -0.05) is 72.8 Å². The van der Waals surface area contributed by atoms with Crippen LogP contribution in [0.3, 0.4) is 0 Å². The molecular formula is C33H28FN3O5. The Morgan fingerprint density at radius 3 is 2.36 bits per heavy atom. The number of methoxy groups -OCH3 is 1. The predicted molar refractivity (Wildman–Crippen MR) is 156 cm³/mol. The molecule has 4 aromatic rings. The molecule has 0 bridgehead atoms. The summed E-state index contributed by atoms with van der Waals surface area (Å²) in [5.74, 6) is -1.27. The second-order valence-electron chi connectivity index (χ2n) is 9.59. The summed E-state index contributed by atoms with van der Waals surface area (Å²) < 4.78 is 25.9. The second kappa shape index (κ2) is 12.5. The van der Waals surface area contributed by atoms with Crippen LogP contribution >= 0.6 is 0 Å². The third-order valence-corrected chi connectivity index (χ3v) is 6.83. The highest BCUT2D eigenvalue weighted by Gasteiger charge is 2.36. The monoisotopic (exact) mass is 565 g/mol. The molecule has 1 N–H and O–H groups in total. The molecule has 42 heavy (non-hydrogen) atoms. The quantitative estimate of drug-likeness (QED) is 0.286. The van der Waals surface area contributed by atoms with Gasteiger partial charge in [0.05, 0.1) is 30.6 Å². The van der Waals surface area contributed by atoms with Crippen molar-refractivity contribution in [2.75, 3.05) is 18.6 Å². The Kier molecular flexibility index (Phi) is 8.38. The molecular weight excluding hydrogens is 537 g/mol. The summed E-state index contributed by atoms with van der Waals surface area (Å²) in [6, 6.07) is 27.1. The van der Waals surface area contributed by atoms with Gasteiger partial charge in [0.2, 0.25) is 6.17 Å². The number of aryl methyl sites for hydroxylation is 1. The normalized spacial score (nSPS) is 14.4. The Morgan fingerprint density at radius 2 is 1.60 bits per heavy atom. The maximum absolute atomic E-state index is 15.1. The van der Waals surface area contributed by atoms with E-state index in [1.54, 1.807) is 79.7 Å². The number of carbonyl (C=O) groups is 3. The van der Waals surface area contributed by atoms with Crippen LogP contribution in [0.1, 0.15) is 32.6 Å². The van der Waals surface area contributed by atoms with E-state index >= 15 is 4.39 Å². The van der Waals surface area contributed by atoms with Crippen LogP contribution < -0.4 is 15.0 Å². The summed E-state index contributed by atoms with van der Waals surface area (Å²) in [5, 5.41) is 2.52. The first-order chi connectivity index (χ1) is 20.4. The minimum Gasteiger partial charge on any atom is -0.496 e. The highest BCUT2D eigenvalue weighted by atomic mass is 19.1. The molecule has 1 atom stereocenters. The minimum absolute atomic E-state index is 0.0349. The number of nitrogens with zero attached hydrogens (tertiary/aromatic N) is 2. The molecule has 4 aromatic carbocycles. The van der Waals surface area contributed by atoms with E-state index in [4.69, 9.17) is 9.47 Å². The van der Waals surface area contributed by atoms with E-state index in [9.17, 15) is 14.4 Å². The summed E-state index contributed by atoms with van der Waals surface area (Å²) in [7, 11) is 1.46. The van der Waals surface area contributed by atoms with Crippen molar-refractivity contribution in [1.29, 1.82) is 0 Å². The Morgan fingerprint density at radius 1 is 0.905 bits per heavy atom. The number of Topliss-reactive ketones (excluding diaryl/α,β-unsaturated/α-hetero) is 1. The van der Waals surface area contributed by atoms with Gasteiger partial charge in [-0.3, -0.25) is 14.9 Å². The Balaban J connectivity index is 1.56. The van der Waals surface area contributed by atoms with Crippen molar-refractivity contribution in [3.8, 4) is 5.75 Å². The molecule has 0 aromatic heterocycles. The van der Waals surface area contributed by atoms with E-state index in [0.29, 0.717) is 22.6 Å². The fourth-order valence-electron chi connectivity index (χ4n) is 4.82. The lowest BCUT2D eigenvalue weighted by atomic mass is 9.97.